The van der Waals surface area contributed by atoms with Gasteiger partial charge >= 0.3 is 0 Å². The van der Waals surface area contributed by atoms with E-state index in [0.29, 0.717) is 24.4 Å². The van der Waals surface area contributed by atoms with E-state index in [0.717, 1.165) is 10.9 Å². The Kier molecular flexibility index (Phi) is 2.97. The van der Waals surface area contributed by atoms with Gasteiger partial charge in [-0.1, -0.05) is 11.2 Å². The van der Waals surface area contributed by atoms with Gasteiger partial charge in [0.05, 0.1) is 0 Å². The molecule has 0 spiro atoms. The summed E-state index contributed by atoms with van der Waals surface area (Å²) in [7, 11) is 0. The maximum absolute atomic E-state index is 12.1. The summed E-state index contributed by atoms with van der Waals surface area (Å²) in [5.74, 6) is 0.480. The van der Waals surface area contributed by atoms with Crippen molar-refractivity contribution in [2.75, 3.05) is 6.54 Å². The van der Waals surface area contributed by atoms with E-state index >= 15 is 0 Å². The quantitative estimate of drug-likeness (QED) is 0.741. The third-order valence-electron chi connectivity index (χ3n) is 2.88. The molecule has 96 valence electrons. The summed E-state index contributed by atoms with van der Waals surface area (Å²) in [6.45, 7) is 0.471. The largest absolute Gasteiger partial charge is 0.361 e. The number of benzene rings is 1. The summed E-state index contributed by atoms with van der Waals surface area (Å²) in [5.41, 5.74) is 1.61. The van der Waals surface area contributed by atoms with Crippen LogP contribution in [0.15, 0.2) is 41.4 Å². The zero-order chi connectivity index (χ0) is 13.1. The first-order valence-electron chi connectivity index (χ1n) is 5.94. The van der Waals surface area contributed by atoms with Crippen molar-refractivity contribution in [1.29, 1.82) is 0 Å². The van der Waals surface area contributed by atoms with Gasteiger partial charge in [0.25, 0.3) is 5.91 Å². The molecule has 3 rings (SSSR count). The van der Waals surface area contributed by atoms with E-state index in [4.69, 9.17) is 0 Å². The molecule has 0 radical (unpaired) electrons. The molecule has 0 fully saturated rings. The Bertz CT molecular complexity index is 688. The number of nitrogens with one attached hydrogen (secondary N) is 2. The van der Waals surface area contributed by atoms with Crippen molar-refractivity contribution >= 4 is 16.8 Å². The van der Waals surface area contributed by atoms with Crippen LogP contribution in [0.4, 0.5) is 0 Å². The Morgan fingerprint density at radius 3 is 3.16 bits per heavy atom. The van der Waals surface area contributed by atoms with Gasteiger partial charge in [-0.05, 0) is 18.2 Å². The molecule has 1 amide bonds. The van der Waals surface area contributed by atoms with Crippen LogP contribution in [0.1, 0.15) is 16.2 Å². The molecule has 0 atom stereocenters. The summed E-state index contributed by atoms with van der Waals surface area (Å²) < 4.78 is 4.63. The number of amides is 1. The maximum Gasteiger partial charge on any atom is 0.251 e. The minimum atomic E-state index is -0.103. The SMILES string of the molecule is O=C(NCCc1ncon1)c1cccc2[nH]ccc12. The molecule has 0 saturated heterocycles. The lowest BCUT2D eigenvalue weighted by molar-refractivity contribution is 0.0955. The van der Waals surface area contributed by atoms with Crippen molar-refractivity contribution in [3.8, 4) is 0 Å². The molecule has 19 heavy (non-hydrogen) atoms. The fraction of sp³-hybridized carbons (Fsp3) is 0.154. The van der Waals surface area contributed by atoms with E-state index < -0.39 is 0 Å². The van der Waals surface area contributed by atoms with Crippen LogP contribution in [0.3, 0.4) is 0 Å². The highest BCUT2D eigenvalue weighted by Gasteiger charge is 2.10. The first-order chi connectivity index (χ1) is 9.34. The van der Waals surface area contributed by atoms with E-state index in [-0.39, 0.29) is 5.91 Å². The Morgan fingerprint density at radius 2 is 2.32 bits per heavy atom. The van der Waals surface area contributed by atoms with E-state index in [1.807, 2.05) is 24.4 Å². The molecule has 0 unspecified atom stereocenters. The van der Waals surface area contributed by atoms with Crippen molar-refractivity contribution in [3.05, 3.63) is 48.2 Å². The summed E-state index contributed by atoms with van der Waals surface area (Å²) in [4.78, 5) is 19.1. The summed E-state index contributed by atoms with van der Waals surface area (Å²) in [6, 6.07) is 7.49. The van der Waals surface area contributed by atoms with Crippen LogP contribution in [0.2, 0.25) is 0 Å². The van der Waals surface area contributed by atoms with Crippen molar-refractivity contribution in [1.82, 2.24) is 20.4 Å². The van der Waals surface area contributed by atoms with Crippen molar-refractivity contribution in [2.45, 2.75) is 6.42 Å². The molecule has 2 heterocycles. The van der Waals surface area contributed by atoms with Gasteiger partial charge in [-0.15, -0.1) is 0 Å². The van der Waals surface area contributed by atoms with Crippen molar-refractivity contribution in [3.63, 3.8) is 0 Å². The number of H-pyrrole nitrogens is 1. The smallest absolute Gasteiger partial charge is 0.251 e. The highest BCUT2D eigenvalue weighted by molar-refractivity contribution is 6.06. The third kappa shape index (κ3) is 2.33. The van der Waals surface area contributed by atoms with Crippen LogP contribution < -0.4 is 5.32 Å². The van der Waals surface area contributed by atoms with Gasteiger partial charge in [0, 0.05) is 35.6 Å². The van der Waals surface area contributed by atoms with E-state index in [2.05, 4.69) is 25.0 Å². The number of carbonyl (C=O) groups is 1. The molecule has 3 aromatic rings. The minimum Gasteiger partial charge on any atom is -0.361 e. The molecule has 0 saturated carbocycles. The van der Waals surface area contributed by atoms with Crippen LogP contribution in [0.25, 0.3) is 10.9 Å². The first kappa shape index (κ1) is 11.5. The fourth-order valence-electron chi connectivity index (χ4n) is 1.97. The molecule has 2 N–H and O–H groups in total. The Morgan fingerprint density at radius 1 is 1.37 bits per heavy atom. The second-order valence-corrected chi connectivity index (χ2v) is 4.10. The standard InChI is InChI=1S/C13H12N4O2/c18-13(15-7-5-12-16-8-19-17-12)10-2-1-3-11-9(10)4-6-14-11/h1-4,6,8,14H,5,7H2,(H,15,18). The van der Waals surface area contributed by atoms with E-state index in [9.17, 15) is 4.79 Å². The molecule has 0 aliphatic rings. The minimum absolute atomic E-state index is 0.103. The van der Waals surface area contributed by atoms with Gasteiger partial charge in [-0.2, -0.15) is 4.98 Å². The number of hydrogen-bond acceptors (Lipinski definition) is 4. The lowest BCUT2D eigenvalue weighted by Gasteiger charge is -2.04. The molecule has 0 aliphatic carbocycles. The zero-order valence-corrected chi connectivity index (χ0v) is 10.1. The monoisotopic (exact) mass is 256 g/mol. The molecule has 6 nitrogen and oxygen atoms in total. The second kappa shape index (κ2) is 4.93. The van der Waals surface area contributed by atoms with Crippen LogP contribution in [-0.4, -0.2) is 27.6 Å². The van der Waals surface area contributed by atoms with Crippen LogP contribution in [0.5, 0.6) is 0 Å². The maximum atomic E-state index is 12.1. The highest BCUT2D eigenvalue weighted by atomic mass is 16.5. The van der Waals surface area contributed by atoms with Gasteiger partial charge in [0.15, 0.2) is 5.82 Å². The fourth-order valence-corrected chi connectivity index (χ4v) is 1.97. The molecular weight excluding hydrogens is 244 g/mol. The van der Waals surface area contributed by atoms with Crippen LogP contribution in [0, 0.1) is 0 Å². The molecule has 0 bridgehead atoms. The number of rotatable bonds is 4. The molecule has 6 heteroatoms. The Labute approximate surface area is 108 Å². The second-order valence-electron chi connectivity index (χ2n) is 4.10. The van der Waals surface area contributed by atoms with Crippen molar-refractivity contribution in [2.24, 2.45) is 0 Å². The van der Waals surface area contributed by atoms with Crippen LogP contribution >= 0.6 is 0 Å². The number of aromatic nitrogens is 3. The van der Waals surface area contributed by atoms with E-state index in [1.165, 1.54) is 6.39 Å². The normalized spacial score (nSPS) is 10.7. The predicted molar refractivity (Wildman–Crippen MR) is 68.6 cm³/mol. The summed E-state index contributed by atoms with van der Waals surface area (Å²) >= 11 is 0. The van der Waals surface area contributed by atoms with Gasteiger partial charge < -0.3 is 14.8 Å². The van der Waals surface area contributed by atoms with Gasteiger partial charge in [-0.3, -0.25) is 4.79 Å². The van der Waals surface area contributed by atoms with E-state index in [1.54, 1.807) is 6.07 Å². The lowest BCUT2D eigenvalue weighted by Crippen LogP contribution is -2.26. The van der Waals surface area contributed by atoms with Gasteiger partial charge in [0.2, 0.25) is 6.39 Å². The average molecular weight is 256 g/mol. The van der Waals surface area contributed by atoms with Gasteiger partial charge in [0.1, 0.15) is 0 Å². The zero-order valence-electron chi connectivity index (χ0n) is 10.1. The summed E-state index contributed by atoms with van der Waals surface area (Å²) in [6.07, 6.45) is 3.64. The van der Waals surface area contributed by atoms with Gasteiger partial charge in [-0.25, -0.2) is 0 Å². The van der Waals surface area contributed by atoms with Crippen molar-refractivity contribution < 1.29 is 9.32 Å². The molecular formula is C13H12N4O2. The molecule has 2 aromatic heterocycles. The Balaban J connectivity index is 1.68. The topological polar surface area (TPSA) is 83.8 Å². The first-order valence-corrected chi connectivity index (χ1v) is 5.94. The number of nitrogens with zero attached hydrogens (tertiary/aromatic N) is 2. The third-order valence-corrected chi connectivity index (χ3v) is 2.88. The number of carbonyl (C=O) groups excluding carboxylic acids is 1. The summed E-state index contributed by atoms with van der Waals surface area (Å²) in [5, 5.41) is 7.45. The average Bonchev–Trinajstić information content (AvgIpc) is 3.08. The lowest BCUT2D eigenvalue weighted by atomic mass is 10.1. The highest BCUT2D eigenvalue weighted by Crippen LogP contribution is 2.16. The van der Waals surface area contributed by atoms with Crippen LogP contribution in [-0.2, 0) is 6.42 Å². The number of hydrogen-bond donors (Lipinski definition) is 2. The Hall–Kier alpha value is -2.63. The number of aromatic amines is 1. The molecule has 1 aromatic carbocycles. The number of fused-ring (bicyclic) bond motifs is 1. The predicted octanol–water partition coefficient (Wildman–Crippen LogP) is 1.52. The molecule has 0 aliphatic heterocycles.